The number of likely N-dealkylation sites (N-methyl/N-ethyl adjacent to an activating group) is 1. The van der Waals surface area contributed by atoms with Crippen molar-refractivity contribution in [3.63, 3.8) is 0 Å². The fraction of sp³-hybridized carbons (Fsp3) is 1.00. The summed E-state index contributed by atoms with van der Waals surface area (Å²) in [5.74, 6) is 0. The standard InChI is InChI=1S/C4H12N2OS/c1-6(2-3-7)4(5)8/h4,7-8H,2-3,5H2,1H3. The second-order valence-electron chi connectivity index (χ2n) is 1.62. The quantitative estimate of drug-likeness (QED) is 0.347. The number of aliphatic hydroxyl groups excluding tert-OH is 1. The lowest BCUT2D eigenvalue weighted by atomic mass is 10.6. The lowest BCUT2D eigenvalue weighted by Gasteiger charge is -2.17. The molecule has 0 aliphatic heterocycles. The smallest absolute Gasteiger partial charge is 0.102 e. The highest BCUT2D eigenvalue weighted by Crippen LogP contribution is 1.89. The van der Waals surface area contributed by atoms with E-state index < -0.39 is 0 Å². The molecule has 0 bridgehead atoms. The number of nitrogens with two attached hydrogens (primary N) is 1. The van der Waals surface area contributed by atoms with E-state index in [4.69, 9.17) is 10.8 Å². The molecule has 3 N–H and O–H groups in total. The first-order chi connectivity index (χ1) is 3.68. The molecule has 0 aromatic rings. The van der Waals surface area contributed by atoms with Crippen LogP contribution in [0.4, 0.5) is 0 Å². The number of aliphatic hydroxyl groups is 1. The molecular formula is C4H12N2OS. The minimum absolute atomic E-state index is 0.130. The Morgan fingerprint density at radius 2 is 2.38 bits per heavy atom. The summed E-state index contributed by atoms with van der Waals surface area (Å²) in [6, 6.07) is 0. The summed E-state index contributed by atoms with van der Waals surface area (Å²) in [5.41, 5.74) is 5.04. The Morgan fingerprint density at radius 1 is 1.88 bits per heavy atom. The van der Waals surface area contributed by atoms with Gasteiger partial charge in [0, 0.05) is 6.54 Å². The molecule has 0 aromatic carbocycles. The Labute approximate surface area is 54.9 Å². The molecule has 3 nitrogen and oxygen atoms in total. The third-order valence-corrected chi connectivity index (χ3v) is 1.30. The molecule has 0 aromatic heterocycles. The monoisotopic (exact) mass is 136 g/mol. The fourth-order valence-corrected chi connectivity index (χ4v) is 0.405. The highest BCUT2D eigenvalue weighted by Gasteiger charge is 2.00. The zero-order valence-corrected chi connectivity index (χ0v) is 5.80. The van der Waals surface area contributed by atoms with Crippen molar-refractivity contribution in [2.45, 2.75) is 5.50 Å². The zero-order valence-electron chi connectivity index (χ0n) is 4.91. The topological polar surface area (TPSA) is 49.5 Å². The van der Waals surface area contributed by atoms with Gasteiger partial charge in [-0.3, -0.25) is 4.90 Å². The van der Waals surface area contributed by atoms with Crippen LogP contribution in [-0.4, -0.2) is 35.7 Å². The second-order valence-corrected chi connectivity index (χ2v) is 2.15. The minimum atomic E-state index is -0.262. The summed E-state index contributed by atoms with van der Waals surface area (Å²) in [6.07, 6.45) is 0. The van der Waals surface area contributed by atoms with Gasteiger partial charge in [-0.1, -0.05) is 0 Å². The van der Waals surface area contributed by atoms with Crippen LogP contribution in [0.3, 0.4) is 0 Å². The maximum atomic E-state index is 8.35. The molecule has 0 spiro atoms. The van der Waals surface area contributed by atoms with Gasteiger partial charge in [0.15, 0.2) is 0 Å². The van der Waals surface area contributed by atoms with Crippen molar-refractivity contribution in [3.8, 4) is 0 Å². The highest BCUT2D eigenvalue weighted by molar-refractivity contribution is 7.80. The van der Waals surface area contributed by atoms with Crippen LogP contribution < -0.4 is 5.73 Å². The van der Waals surface area contributed by atoms with E-state index in [0.29, 0.717) is 6.54 Å². The normalized spacial score (nSPS) is 14.6. The van der Waals surface area contributed by atoms with Crippen molar-refractivity contribution < 1.29 is 5.11 Å². The first-order valence-corrected chi connectivity index (χ1v) is 2.95. The molecule has 0 aliphatic carbocycles. The lowest BCUT2D eigenvalue weighted by molar-refractivity contribution is 0.215. The summed E-state index contributed by atoms with van der Waals surface area (Å²) < 4.78 is 0. The molecule has 1 atom stereocenters. The Hall–Kier alpha value is 0.230. The fourth-order valence-electron chi connectivity index (χ4n) is 0.290. The third-order valence-electron chi connectivity index (χ3n) is 0.904. The Bertz CT molecular complexity index is 60.0. The lowest BCUT2D eigenvalue weighted by Crippen LogP contribution is -2.36. The van der Waals surface area contributed by atoms with Crippen LogP contribution in [0.5, 0.6) is 0 Å². The molecule has 0 saturated heterocycles. The average molecular weight is 136 g/mol. The SMILES string of the molecule is CN(CCO)C(N)S. The first-order valence-electron chi connectivity index (χ1n) is 2.43. The van der Waals surface area contributed by atoms with Gasteiger partial charge < -0.3 is 10.8 Å². The van der Waals surface area contributed by atoms with Crippen LogP contribution in [0.25, 0.3) is 0 Å². The highest BCUT2D eigenvalue weighted by atomic mass is 32.1. The van der Waals surface area contributed by atoms with Crippen molar-refractivity contribution in [2.75, 3.05) is 20.2 Å². The number of hydrogen-bond acceptors (Lipinski definition) is 4. The molecule has 0 heterocycles. The largest absolute Gasteiger partial charge is 0.395 e. The second kappa shape index (κ2) is 4.14. The molecule has 0 fully saturated rings. The van der Waals surface area contributed by atoms with Crippen LogP contribution in [0.15, 0.2) is 0 Å². The summed E-state index contributed by atoms with van der Waals surface area (Å²) >= 11 is 3.92. The zero-order chi connectivity index (χ0) is 6.57. The maximum Gasteiger partial charge on any atom is 0.102 e. The molecule has 0 rings (SSSR count). The van der Waals surface area contributed by atoms with Gasteiger partial charge in [-0.25, -0.2) is 0 Å². The van der Waals surface area contributed by atoms with Crippen molar-refractivity contribution in [1.29, 1.82) is 0 Å². The molecule has 1 unspecified atom stereocenters. The molecule has 0 amide bonds. The summed E-state index contributed by atoms with van der Waals surface area (Å²) in [5, 5.41) is 8.35. The first kappa shape index (κ1) is 8.23. The number of rotatable bonds is 3. The van der Waals surface area contributed by atoms with Crippen molar-refractivity contribution in [2.24, 2.45) is 5.73 Å². The molecule has 4 heteroatoms. The van der Waals surface area contributed by atoms with Gasteiger partial charge in [0.05, 0.1) is 6.61 Å². The van der Waals surface area contributed by atoms with Crippen LogP contribution in [0, 0.1) is 0 Å². The van der Waals surface area contributed by atoms with E-state index in [0.717, 1.165) is 0 Å². The summed E-state index contributed by atoms with van der Waals surface area (Å²) in [4.78, 5) is 1.74. The Balaban J connectivity index is 3.17. The van der Waals surface area contributed by atoms with Crippen molar-refractivity contribution in [3.05, 3.63) is 0 Å². The predicted molar refractivity (Wildman–Crippen MR) is 36.7 cm³/mol. The van der Waals surface area contributed by atoms with Crippen LogP contribution >= 0.6 is 12.6 Å². The number of hydrogen-bond donors (Lipinski definition) is 3. The van der Waals surface area contributed by atoms with E-state index in [2.05, 4.69) is 12.6 Å². The van der Waals surface area contributed by atoms with Crippen molar-refractivity contribution >= 4 is 12.6 Å². The van der Waals surface area contributed by atoms with E-state index in [1.807, 2.05) is 0 Å². The van der Waals surface area contributed by atoms with Crippen molar-refractivity contribution in [1.82, 2.24) is 4.90 Å². The number of nitrogens with zero attached hydrogens (tertiary/aromatic N) is 1. The Morgan fingerprint density at radius 3 is 2.50 bits per heavy atom. The summed E-state index contributed by atoms with van der Waals surface area (Å²) in [7, 11) is 1.80. The van der Waals surface area contributed by atoms with E-state index in [9.17, 15) is 0 Å². The molecule has 0 saturated carbocycles. The molecule has 0 radical (unpaired) electrons. The molecule has 8 heavy (non-hydrogen) atoms. The van der Waals surface area contributed by atoms with Gasteiger partial charge in [-0.05, 0) is 7.05 Å². The third kappa shape index (κ3) is 3.26. The molecule has 50 valence electrons. The van der Waals surface area contributed by atoms with E-state index in [1.165, 1.54) is 0 Å². The van der Waals surface area contributed by atoms with Gasteiger partial charge in [-0.2, -0.15) is 0 Å². The van der Waals surface area contributed by atoms with Crippen LogP contribution in [0.2, 0.25) is 0 Å². The summed E-state index contributed by atoms with van der Waals surface area (Å²) in [6.45, 7) is 0.704. The van der Waals surface area contributed by atoms with E-state index in [-0.39, 0.29) is 12.1 Å². The predicted octanol–water partition coefficient (Wildman–Crippen LogP) is -0.917. The molecule has 0 aliphatic rings. The van der Waals surface area contributed by atoms with E-state index >= 15 is 0 Å². The van der Waals surface area contributed by atoms with Gasteiger partial charge in [-0.15, -0.1) is 12.6 Å². The Kier molecular flexibility index (Phi) is 4.26. The van der Waals surface area contributed by atoms with Gasteiger partial charge in [0.25, 0.3) is 0 Å². The van der Waals surface area contributed by atoms with Gasteiger partial charge in [0.1, 0.15) is 5.50 Å². The van der Waals surface area contributed by atoms with E-state index in [1.54, 1.807) is 11.9 Å². The van der Waals surface area contributed by atoms with Gasteiger partial charge in [0.2, 0.25) is 0 Å². The van der Waals surface area contributed by atoms with Gasteiger partial charge >= 0.3 is 0 Å². The average Bonchev–Trinajstić information content (AvgIpc) is 1.67. The van der Waals surface area contributed by atoms with Crippen LogP contribution in [0.1, 0.15) is 0 Å². The van der Waals surface area contributed by atoms with Crippen LogP contribution in [-0.2, 0) is 0 Å². The molecular weight excluding hydrogens is 124 g/mol. The maximum absolute atomic E-state index is 8.35. The number of thiol groups is 1. The minimum Gasteiger partial charge on any atom is -0.395 e.